The molecular formula is C15H25NO3. The molecule has 19 heavy (non-hydrogen) atoms. The van der Waals surface area contributed by atoms with E-state index in [1.807, 2.05) is 19.1 Å². The monoisotopic (exact) mass is 267 g/mol. The lowest BCUT2D eigenvalue weighted by Gasteiger charge is -2.15. The maximum Gasteiger partial charge on any atom is 0.165 e. The summed E-state index contributed by atoms with van der Waals surface area (Å²) >= 11 is 0. The fraction of sp³-hybridized carbons (Fsp3) is 0.600. The number of rotatable bonds is 10. The van der Waals surface area contributed by atoms with Crippen molar-refractivity contribution >= 4 is 0 Å². The summed E-state index contributed by atoms with van der Waals surface area (Å²) in [5, 5.41) is 3.31. The fourth-order valence-electron chi connectivity index (χ4n) is 1.76. The van der Waals surface area contributed by atoms with Gasteiger partial charge in [0, 0.05) is 31.7 Å². The third kappa shape index (κ3) is 5.49. The lowest BCUT2D eigenvalue weighted by Crippen LogP contribution is -2.14. The highest BCUT2D eigenvalue weighted by molar-refractivity contribution is 5.46. The zero-order valence-corrected chi connectivity index (χ0v) is 12.2. The van der Waals surface area contributed by atoms with Gasteiger partial charge < -0.3 is 19.5 Å². The second kappa shape index (κ2) is 9.64. The minimum atomic E-state index is 0.638. The van der Waals surface area contributed by atoms with Crippen LogP contribution in [0.25, 0.3) is 0 Å². The quantitative estimate of drug-likeness (QED) is 0.661. The summed E-state index contributed by atoms with van der Waals surface area (Å²) in [7, 11) is 1.67. The Morgan fingerprint density at radius 2 is 2.00 bits per heavy atom. The average molecular weight is 267 g/mol. The number of nitrogens with one attached hydrogen (secondary N) is 1. The highest BCUT2D eigenvalue weighted by Gasteiger charge is 2.09. The molecule has 0 amide bonds. The summed E-state index contributed by atoms with van der Waals surface area (Å²) in [4.78, 5) is 0. The molecule has 4 heteroatoms. The van der Waals surface area contributed by atoms with Crippen LogP contribution in [0.1, 0.15) is 25.8 Å². The number of benzene rings is 1. The predicted molar refractivity (Wildman–Crippen MR) is 77.0 cm³/mol. The summed E-state index contributed by atoms with van der Waals surface area (Å²) in [6.45, 7) is 7.92. The molecule has 0 bridgehead atoms. The molecule has 0 atom stereocenters. The van der Waals surface area contributed by atoms with E-state index in [0.29, 0.717) is 6.61 Å². The van der Waals surface area contributed by atoms with Gasteiger partial charge in [-0.25, -0.2) is 0 Å². The molecule has 1 rings (SSSR count). The van der Waals surface area contributed by atoms with Crippen LogP contribution in [0.2, 0.25) is 0 Å². The van der Waals surface area contributed by atoms with Gasteiger partial charge in [0.05, 0.1) is 13.7 Å². The van der Waals surface area contributed by atoms with Crippen LogP contribution in [0.15, 0.2) is 18.2 Å². The highest BCUT2D eigenvalue weighted by atomic mass is 16.5. The van der Waals surface area contributed by atoms with Crippen LogP contribution >= 0.6 is 0 Å². The Morgan fingerprint density at radius 3 is 2.68 bits per heavy atom. The van der Waals surface area contributed by atoms with Crippen molar-refractivity contribution in [3.8, 4) is 11.5 Å². The van der Waals surface area contributed by atoms with Crippen LogP contribution in [0, 0.1) is 0 Å². The SMILES string of the molecule is CCNCc1cccc(OC)c1OCCCOCC. The molecular weight excluding hydrogens is 242 g/mol. The second-order valence-corrected chi connectivity index (χ2v) is 4.13. The minimum Gasteiger partial charge on any atom is -0.493 e. The maximum absolute atomic E-state index is 5.86. The van der Waals surface area contributed by atoms with E-state index >= 15 is 0 Å². The molecule has 0 aromatic heterocycles. The third-order valence-corrected chi connectivity index (χ3v) is 2.73. The number of ether oxygens (including phenoxy) is 3. The maximum atomic E-state index is 5.86. The standard InChI is InChI=1S/C15H25NO3/c1-4-16-12-13-8-6-9-14(17-3)15(13)19-11-7-10-18-5-2/h6,8-9,16H,4-5,7,10-12H2,1-3H3. The van der Waals surface area contributed by atoms with E-state index < -0.39 is 0 Å². The van der Waals surface area contributed by atoms with Crippen LogP contribution in [-0.2, 0) is 11.3 Å². The number of hydrogen-bond acceptors (Lipinski definition) is 4. The number of hydrogen-bond donors (Lipinski definition) is 1. The molecule has 0 aliphatic carbocycles. The molecule has 0 saturated carbocycles. The van der Waals surface area contributed by atoms with Crippen LogP contribution in [0.4, 0.5) is 0 Å². The minimum absolute atomic E-state index is 0.638. The Labute approximate surface area is 116 Å². The molecule has 1 aromatic carbocycles. The number of para-hydroxylation sites is 1. The van der Waals surface area contributed by atoms with Crippen molar-refractivity contribution in [2.75, 3.05) is 33.5 Å². The van der Waals surface area contributed by atoms with Gasteiger partial charge in [0.1, 0.15) is 0 Å². The van der Waals surface area contributed by atoms with E-state index in [1.165, 1.54) is 0 Å². The Balaban J connectivity index is 2.60. The molecule has 4 nitrogen and oxygen atoms in total. The van der Waals surface area contributed by atoms with Gasteiger partial charge in [-0.05, 0) is 19.5 Å². The van der Waals surface area contributed by atoms with Crippen molar-refractivity contribution in [2.45, 2.75) is 26.8 Å². The molecule has 0 aliphatic rings. The second-order valence-electron chi connectivity index (χ2n) is 4.13. The van der Waals surface area contributed by atoms with Gasteiger partial charge in [-0.1, -0.05) is 19.1 Å². The Kier molecular flexibility index (Phi) is 8.02. The van der Waals surface area contributed by atoms with Gasteiger partial charge in [-0.15, -0.1) is 0 Å². The molecule has 108 valence electrons. The predicted octanol–water partition coefficient (Wildman–Crippen LogP) is 2.61. The van der Waals surface area contributed by atoms with E-state index in [4.69, 9.17) is 14.2 Å². The lowest BCUT2D eigenvalue weighted by molar-refractivity contribution is 0.130. The van der Waals surface area contributed by atoms with Gasteiger partial charge in [-0.2, -0.15) is 0 Å². The first-order chi connectivity index (χ1) is 9.33. The zero-order chi connectivity index (χ0) is 13.9. The first-order valence-electron chi connectivity index (χ1n) is 6.90. The van der Waals surface area contributed by atoms with Gasteiger partial charge in [0.2, 0.25) is 0 Å². The van der Waals surface area contributed by atoms with E-state index in [1.54, 1.807) is 7.11 Å². The molecule has 1 N–H and O–H groups in total. The normalized spacial score (nSPS) is 10.5. The number of methoxy groups -OCH3 is 1. The molecule has 0 radical (unpaired) electrons. The Bertz CT molecular complexity index is 355. The molecule has 0 saturated heterocycles. The van der Waals surface area contributed by atoms with E-state index in [2.05, 4.69) is 18.3 Å². The van der Waals surface area contributed by atoms with Crippen LogP contribution < -0.4 is 14.8 Å². The van der Waals surface area contributed by atoms with E-state index in [9.17, 15) is 0 Å². The van der Waals surface area contributed by atoms with Crippen LogP contribution in [0.5, 0.6) is 11.5 Å². The smallest absolute Gasteiger partial charge is 0.165 e. The van der Waals surface area contributed by atoms with Crippen molar-refractivity contribution in [1.82, 2.24) is 5.32 Å². The summed E-state index contributed by atoms with van der Waals surface area (Å²) in [6, 6.07) is 5.97. The molecule has 0 spiro atoms. The largest absolute Gasteiger partial charge is 0.493 e. The Morgan fingerprint density at radius 1 is 1.16 bits per heavy atom. The van der Waals surface area contributed by atoms with Crippen molar-refractivity contribution in [1.29, 1.82) is 0 Å². The zero-order valence-electron chi connectivity index (χ0n) is 12.2. The highest BCUT2D eigenvalue weighted by Crippen LogP contribution is 2.31. The average Bonchev–Trinajstić information content (AvgIpc) is 2.45. The molecule has 1 aromatic rings. The molecule has 0 aliphatic heterocycles. The van der Waals surface area contributed by atoms with Gasteiger partial charge in [0.25, 0.3) is 0 Å². The van der Waals surface area contributed by atoms with Crippen molar-refractivity contribution in [2.24, 2.45) is 0 Å². The molecule has 0 fully saturated rings. The first-order valence-corrected chi connectivity index (χ1v) is 6.90. The van der Waals surface area contributed by atoms with Crippen LogP contribution in [0.3, 0.4) is 0 Å². The van der Waals surface area contributed by atoms with Crippen molar-refractivity contribution < 1.29 is 14.2 Å². The third-order valence-electron chi connectivity index (χ3n) is 2.73. The summed E-state index contributed by atoms with van der Waals surface area (Å²) in [5.74, 6) is 1.62. The lowest BCUT2D eigenvalue weighted by atomic mass is 10.2. The van der Waals surface area contributed by atoms with E-state index in [-0.39, 0.29) is 0 Å². The summed E-state index contributed by atoms with van der Waals surface area (Å²) < 4.78 is 16.5. The van der Waals surface area contributed by atoms with Crippen molar-refractivity contribution in [3.05, 3.63) is 23.8 Å². The Hall–Kier alpha value is -1.26. The van der Waals surface area contributed by atoms with Gasteiger partial charge in [-0.3, -0.25) is 0 Å². The fourth-order valence-corrected chi connectivity index (χ4v) is 1.76. The molecule has 0 unspecified atom stereocenters. The van der Waals surface area contributed by atoms with E-state index in [0.717, 1.165) is 49.8 Å². The first kappa shape index (κ1) is 15.8. The molecule has 0 heterocycles. The van der Waals surface area contributed by atoms with Gasteiger partial charge in [0.15, 0.2) is 11.5 Å². The van der Waals surface area contributed by atoms with Crippen LogP contribution in [-0.4, -0.2) is 33.5 Å². The summed E-state index contributed by atoms with van der Waals surface area (Å²) in [6.07, 6.45) is 0.881. The van der Waals surface area contributed by atoms with Crippen molar-refractivity contribution in [3.63, 3.8) is 0 Å². The topological polar surface area (TPSA) is 39.7 Å². The van der Waals surface area contributed by atoms with Gasteiger partial charge >= 0.3 is 0 Å². The summed E-state index contributed by atoms with van der Waals surface area (Å²) in [5.41, 5.74) is 1.12.